The summed E-state index contributed by atoms with van der Waals surface area (Å²) in [5.74, 6) is 1.08. The highest BCUT2D eigenvalue weighted by atomic mass is 35.5. The van der Waals surface area contributed by atoms with E-state index in [9.17, 15) is 0 Å². The molecular formula is C12H16ClN5O. The molecule has 1 saturated carbocycles. The van der Waals surface area contributed by atoms with Crippen LogP contribution in [0.25, 0.3) is 5.78 Å². The zero-order valence-corrected chi connectivity index (χ0v) is 11.8. The lowest BCUT2D eigenvalue weighted by molar-refractivity contribution is 0.222. The number of aromatic nitrogens is 4. The lowest BCUT2D eigenvalue weighted by Gasteiger charge is -2.16. The summed E-state index contributed by atoms with van der Waals surface area (Å²) < 4.78 is 7.41. The normalized spacial score (nSPS) is 15.4. The number of ether oxygens (including phenoxy) is 1. The number of hydrogen-bond acceptors (Lipinski definition) is 5. The average Bonchev–Trinajstić information content (AvgIpc) is 3.14. The van der Waals surface area contributed by atoms with Crippen molar-refractivity contribution in [2.24, 2.45) is 0 Å². The van der Waals surface area contributed by atoms with Crippen molar-refractivity contribution in [1.82, 2.24) is 24.5 Å². The van der Waals surface area contributed by atoms with E-state index in [-0.39, 0.29) is 0 Å². The number of fused-ring (bicyclic) bond motifs is 1. The molecule has 0 aliphatic heterocycles. The fourth-order valence-corrected chi connectivity index (χ4v) is 2.18. The molecule has 0 atom stereocenters. The Bertz CT molecular complexity index is 595. The van der Waals surface area contributed by atoms with E-state index in [1.165, 1.54) is 19.2 Å². The molecule has 102 valence electrons. The van der Waals surface area contributed by atoms with Crippen molar-refractivity contribution in [2.45, 2.75) is 25.8 Å². The van der Waals surface area contributed by atoms with Crippen LogP contribution in [0.1, 0.15) is 18.4 Å². The Morgan fingerprint density at radius 1 is 1.53 bits per heavy atom. The Kier molecular flexibility index (Phi) is 3.28. The highest BCUT2D eigenvalue weighted by Crippen LogP contribution is 2.26. The molecule has 0 amide bonds. The molecule has 1 aliphatic rings. The van der Waals surface area contributed by atoms with E-state index in [0.29, 0.717) is 23.4 Å². The third kappa shape index (κ3) is 2.50. The molecule has 0 aromatic carbocycles. The molecule has 1 aliphatic carbocycles. The number of nitrogens with zero attached hydrogens (tertiary/aromatic N) is 5. The van der Waals surface area contributed by atoms with Gasteiger partial charge in [-0.25, -0.2) is 0 Å². The summed E-state index contributed by atoms with van der Waals surface area (Å²) in [6.07, 6.45) is 4.04. The smallest absolute Gasteiger partial charge is 0.256 e. The average molecular weight is 282 g/mol. The molecule has 0 N–H and O–H groups in total. The Labute approximate surface area is 116 Å². The topological polar surface area (TPSA) is 55.6 Å². The molecule has 6 nitrogen and oxygen atoms in total. The predicted octanol–water partition coefficient (Wildman–Crippen LogP) is 1.56. The molecule has 2 aromatic heterocycles. The lowest BCUT2D eigenvalue weighted by atomic mass is 10.4. The maximum atomic E-state index is 6.07. The predicted molar refractivity (Wildman–Crippen MR) is 71.7 cm³/mol. The van der Waals surface area contributed by atoms with Crippen molar-refractivity contribution in [3.63, 3.8) is 0 Å². The maximum Gasteiger partial charge on any atom is 0.256 e. The van der Waals surface area contributed by atoms with Gasteiger partial charge in [0.1, 0.15) is 18.1 Å². The third-order valence-electron chi connectivity index (χ3n) is 3.40. The van der Waals surface area contributed by atoms with Crippen molar-refractivity contribution < 1.29 is 4.74 Å². The molecule has 0 saturated heterocycles. The van der Waals surface area contributed by atoms with Crippen LogP contribution in [0.15, 0.2) is 6.33 Å². The van der Waals surface area contributed by atoms with E-state index >= 15 is 0 Å². The summed E-state index contributed by atoms with van der Waals surface area (Å²) in [4.78, 5) is 10.5. The molecular weight excluding hydrogens is 266 g/mol. The first kappa shape index (κ1) is 12.6. The lowest BCUT2D eigenvalue weighted by Crippen LogP contribution is -2.26. The first-order chi connectivity index (χ1) is 9.16. The Balaban J connectivity index is 1.75. The first-order valence-corrected chi connectivity index (χ1v) is 6.73. The summed E-state index contributed by atoms with van der Waals surface area (Å²) in [5.41, 5.74) is 0.786. The molecule has 2 heterocycles. The first-order valence-electron chi connectivity index (χ1n) is 6.35. The summed E-state index contributed by atoms with van der Waals surface area (Å²) in [5, 5.41) is 4.52. The largest absolute Gasteiger partial charge is 0.476 e. The second-order valence-corrected chi connectivity index (χ2v) is 5.22. The highest BCUT2D eigenvalue weighted by Gasteiger charge is 2.25. The quantitative estimate of drug-likeness (QED) is 0.779. The minimum Gasteiger partial charge on any atom is -0.476 e. The standard InChI is InChI=1S/C12H16ClN5O/c1-8-10(13)16-12-14-7-15-18(12)11(8)19-6-5-17(2)9-3-4-9/h7,9H,3-6H2,1-2H3. The maximum absolute atomic E-state index is 6.07. The molecule has 19 heavy (non-hydrogen) atoms. The fraction of sp³-hybridized carbons (Fsp3) is 0.583. The number of halogens is 1. The molecule has 7 heteroatoms. The minimum absolute atomic E-state index is 0.408. The van der Waals surface area contributed by atoms with E-state index in [2.05, 4.69) is 27.0 Å². The van der Waals surface area contributed by atoms with Gasteiger partial charge < -0.3 is 9.64 Å². The summed E-state index contributed by atoms with van der Waals surface area (Å²) in [6, 6.07) is 0.733. The fourth-order valence-electron chi connectivity index (χ4n) is 2.03. The highest BCUT2D eigenvalue weighted by molar-refractivity contribution is 6.30. The van der Waals surface area contributed by atoms with Crippen molar-refractivity contribution in [3.05, 3.63) is 17.0 Å². The second kappa shape index (κ2) is 4.94. The molecule has 0 radical (unpaired) electrons. The van der Waals surface area contributed by atoms with Crippen LogP contribution in [0, 0.1) is 6.92 Å². The Morgan fingerprint density at radius 3 is 3.05 bits per heavy atom. The molecule has 0 bridgehead atoms. The van der Waals surface area contributed by atoms with Crippen LogP contribution < -0.4 is 4.74 Å². The van der Waals surface area contributed by atoms with E-state index in [1.807, 2.05) is 6.92 Å². The van der Waals surface area contributed by atoms with E-state index in [4.69, 9.17) is 16.3 Å². The van der Waals surface area contributed by atoms with Gasteiger partial charge in [0.15, 0.2) is 0 Å². The number of hydrogen-bond donors (Lipinski definition) is 0. The SMILES string of the molecule is Cc1c(Cl)nc2ncnn2c1OCCN(C)C1CC1. The van der Waals surface area contributed by atoms with Crippen molar-refractivity contribution in [1.29, 1.82) is 0 Å². The van der Waals surface area contributed by atoms with Crippen LogP contribution in [0.2, 0.25) is 5.15 Å². The van der Waals surface area contributed by atoms with Gasteiger partial charge in [0.05, 0.1) is 0 Å². The van der Waals surface area contributed by atoms with Crippen molar-refractivity contribution in [3.8, 4) is 5.88 Å². The van der Waals surface area contributed by atoms with Crippen LogP contribution in [0.3, 0.4) is 0 Å². The van der Waals surface area contributed by atoms with Crippen LogP contribution >= 0.6 is 11.6 Å². The van der Waals surface area contributed by atoms with Crippen molar-refractivity contribution in [2.75, 3.05) is 20.2 Å². The zero-order valence-electron chi connectivity index (χ0n) is 11.0. The second-order valence-electron chi connectivity index (χ2n) is 4.86. The van der Waals surface area contributed by atoms with Gasteiger partial charge in [-0.15, -0.1) is 0 Å². The van der Waals surface area contributed by atoms with Gasteiger partial charge in [-0.3, -0.25) is 0 Å². The molecule has 0 spiro atoms. The monoisotopic (exact) mass is 281 g/mol. The summed E-state index contributed by atoms with van der Waals surface area (Å²) >= 11 is 6.07. The van der Waals surface area contributed by atoms with E-state index in [0.717, 1.165) is 18.2 Å². The summed E-state index contributed by atoms with van der Waals surface area (Å²) in [7, 11) is 2.12. The number of likely N-dealkylation sites (N-methyl/N-ethyl adjacent to an activating group) is 1. The zero-order chi connectivity index (χ0) is 13.4. The van der Waals surface area contributed by atoms with Crippen LogP contribution in [-0.4, -0.2) is 50.7 Å². The molecule has 3 rings (SSSR count). The molecule has 0 unspecified atom stereocenters. The van der Waals surface area contributed by atoms with Gasteiger partial charge in [0.2, 0.25) is 5.88 Å². The Morgan fingerprint density at radius 2 is 2.32 bits per heavy atom. The van der Waals surface area contributed by atoms with Crippen molar-refractivity contribution >= 4 is 17.4 Å². The third-order valence-corrected chi connectivity index (χ3v) is 3.77. The van der Waals surface area contributed by atoms with Gasteiger partial charge in [-0.05, 0) is 26.8 Å². The van der Waals surface area contributed by atoms with Gasteiger partial charge in [-0.1, -0.05) is 11.6 Å². The molecule has 2 aromatic rings. The molecule has 1 fully saturated rings. The minimum atomic E-state index is 0.408. The van der Waals surface area contributed by atoms with Crippen LogP contribution in [0.5, 0.6) is 5.88 Å². The summed E-state index contributed by atoms with van der Waals surface area (Å²) in [6.45, 7) is 3.36. The number of rotatable bonds is 5. The van der Waals surface area contributed by atoms with Gasteiger partial charge >= 0.3 is 0 Å². The van der Waals surface area contributed by atoms with Crippen LogP contribution in [-0.2, 0) is 0 Å². The Hall–Kier alpha value is -1.40. The van der Waals surface area contributed by atoms with Gasteiger partial charge in [0.25, 0.3) is 5.78 Å². The van der Waals surface area contributed by atoms with E-state index < -0.39 is 0 Å². The van der Waals surface area contributed by atoms with Gasteiger partial charge in [-0.2, -0.15) is 19.6 Å². The van der Waals surface area contributed by atoms with Gasteiger partial charge in [0, 0.05) is 18.2 Å². The van der Waals surface area contributed by atoms with E-state index in [1.54, 1.807) is 4.52 Å². The van der Waals surface area contributed by atoms with Crippen LogP contribution in [0.4, 0.5) is 0 Å².